The van der Waals surface area contributed by atoms with Crippen LogP contribution in [0.3, 0.4) is 0 Å². The number of hydrogen-bond acceptors (Lipinski definition) is 4. The Labute approximate surface area is 117 Å². The summed E-state index contributed by atoms with van der Waals surface area (Å²) >= 11 is 0. The van der Waals surface area contributed by atoms with E-state index in [4.69, 9.17) is 4.74 Å². The normalized spacial score (nSPS) is 31.3. The zero-order valence-corrected chi connectivity index (χ0v) is 13.0. The minimum absolute atomic E-state index is 0.124. The molecule has 6 heteroatoms. The molecular formula is C13H26N2O3S. The fourth-order valence-electron chi connectivity index (χ4n) is 3.26. The zero-order valence-electron chi connectivity index (χ0n) is 12.2. The van der Waals surface area contributed by atoms with Crippen molar-refractivity contribution in [1.29, 1.82) is 0 Å². The van der Waals surface area contributed by atoms with Gasteiger partial charge in [0.1, 0.15) is 0 Å². The van der Waals surface area contributed by atoms with Crippen LogP contribution in [0.4, 0.5) is 0 Å². The lowest BCUT2D eigenvalue weighted by atomic mass is 10.1. The monoisotopic (exact) mass is 290 g/mol. The van der Waals surface area contributed by atoms with Gasteiger partial charge in [-0.3, -0.25) is 4.90 Å². The molecule has 0 radical (unpaired) electrons. The van der Waals surface area contributed by atoms with Crippen molar-refractivity contribution in [3.8, 4) is 0 Å². The second-order valence-corrected chi connectivity index (χ2v) is 8.04. The molecule has 0 spiro atoms. The highest BCUT2D eigenvalue weighted by Gasteiger charge is 2.42. The first-order valence-corrected chi connectivity index (χ1v) is 8.74. The highest BCUT2D eigenvalue weighted by molar-refractivity contribution is 7.89. The Kier molecular flexibility index (Phi) is 4.87. The maximum atomic E-state index is 12.7. The van der Waals surface area contributed by atoms with Gasteiger partial charge in [-0.1, -0.05) is 6.92 Å². The highest BCUT2D eigenvalue weighted by Crippen LogP contribution is 2.29. The molecule has 0 unspecified atom stereocenters. The van der Waals surface area contributed by atoms with E-state index in [9.17, 15) is 8.42 Å². The first kappa shape index (κ1) is 15.2. The van der Waals surface area contributed by atoms with Crippen LogP contribution in [0.25, 0.3) is 0 Å². The fraction of sp³-hybridized carbons (Fsp3) is 1.00. The lowest BCUT2D eigenvalue weighted by molar-refractivity contribution is 0.104. The van der Waals surface area contributed by atoms with Gasteiger partial charge in [-0.05, 0) is 32.7 Å². The fourth-order valence-corrected chi connectivity index (χ4v) is 5.04. The molecule has 0 aromatic rings. The first-order chi connectivity index (χ1) is 9.00. The van der Waals surface area contributed by atoms with E-state index in [0.29, 0.717) is 12.6 Å². The number of fused-ring (bicyclic) bond motifs is 1. The van der Waals surface area contributed by atoms with Crippen molar-refractivity contribution in [2.75, 3.05) is 33.4 Å². The molecule has 2 aliphatic rings. The van der Waals surface area contributed by atoms with Crippen LogP contribution in [0.5, 0.6) is 0 Å². The summed E-state index contributed by atoms with van der Waals surface area (Å²) in [5, 5.41) is -0.459. The van der Waals surface area contributed by atoms with Crippen LogP contribution in [-0.2, 0) is 14.8 Å². The minimum atomic E-state index is -3.24. The van der Waals surface area contributed by atoms with Crippen LogP contribution in [0.1, 0.15) is 33.1 Å². The molecule has 2 saturated heterocycles. The van der Waals surface area contributed by atoms with Crippen LogP contribution in [0.15, 0.2) is 0 Å². The maximum Gasteiger partial charge on any atom is 0.219 e. The molecule has 2 rings (SSSR count). The van der Waals surface area contributed by atoms with Crippen LogP contribution >= 0.6 is 0 Å². The van der Waals surface area contributed by atoms with E-state index in [2.05, 4.69) is 11.8 Å². The van der Waals surface area contributed by atoms with Crippen LogP contribution < -0.4 is 0 Å². The number of sulfonamides is 1. The van der Waals surface area contributed by atoms with Gasteiger partial charge < -0.3 is 4.74 Å². The average molecular weight is 290 g/mol. The molecule has 0 aromatic carbocycles. The van der Waals surface area contributed by atoms with Gasteiger partial charge in [0.2, 0.25) is 10.0 Å². The Morgan fingerprint density at radius 1 is 1.37 bits per heavy atom. The molecule has 3 atom stereocenters. The van der Waals surface area contributed by atoms with E-state index >= 15 is 0 Å². The summed E-state index contributed by atoms with van der Waals surface area (Å²) in [6, 6.07) is 0.547. The van der Waals surface area contributed by atoms with Gasteiger partial charge in [-0.25, -0.2) is 8.42 Å². The molecule has 2 aliphatic heterocycles. The minimum Gasteiger partial charge on any atom is -0.383 e. The molecule has 19 heavy (non-hydrogen) atoms. The van der Waals surface area contributed by atoms with E-state index in [1.54, 1.807) is 18.3 Å². The Balaban J connectivity index is 2.16. The average Bonchev–Trinajstić information content (AvgIpc) is 2.84. The maximum absolute atomic E-state index is 12.7. The van der Waals surface area contributed by atoms with Crippen LogP contribution in [0.2, 0.25) is 0 Å². The van der Waals surface area contributed by atoms with Gasteiger partial charge in [0.25, 0.3) is 0 Å². The lowest BCUT2D eigenvalue weighted by Gasteiger charge is -2.43. The summed E-state index contributed by atoms with van der Waals surface area (Å²) in [5.41, 5.74) is 0. The Hall–Kier alpha value is -0.170. The Morgan fingerprint density at radius 3 is 2.74 bits per heavy atom. The van der Waals surface area contributed by atoms with E-state index < -0.39 is 15.3 Å². The zero-order chi connectivity index (χ0) is 14.0. The standard InChI is InChI=1S/C13H26N2O3S/c1-4-12-8-14-7-5-6-13(14)9-15(12)19(16,17)11(2)10-18-3/h11-13H,4-10H2,1-3H3/t11-,12+,13-/m0/s1. The highest BCUT2D eigenvalue weighted by atomic mass is 32.2. The predicted octanol–water partition coefficient (Wildman–Crippen LogP) is 0.910. The van der Waals surface area contributed by atoms with Gasteiger partial charge >= 0.3 is 0 Å². The smallest absolute Gasteiger partial charge is 0.219 e. The third-order valence-electron chi connectivity index (χ3n) is 4.45. The third kappa shape index (κ3) is 2.96. The predicted molar refractivity (Wildman–Crippen MR) is 75.6 cm³/mol. The van der Waals surface area contributed by atoms with Gasteiger partial charge in [0.05, 0.1) is 11.9 Å². The van der Waals surface area contributed by atoms with E-state index in [0.717, 1.165) is 25.9 Å². The second-order valence-electron chi connectivity index (χ2n) is 5.73. The van der Waals surface area contributed by atoms with Gasteiger partial charge in [-0.15, -0.1) is 0 Å². The van der Waals surface area contributed by atoms with Crippen LogP contribution in [-0.4, -0.2) is 68.3 Å². The van der Waals surface area contributed by atoms with E-state index in [1.807, 2.05) is 0 Å². The molecule has 0 aromatic heterocycles. The molecule has 0 aliphatic carbocycles. The van der Waals surface area contributed by atoms with E-state index in [-0.39, 0.29) is 12.6 Å². The SMILES string of the molecule is CC[C@@H]1CN2CCC[C@H]2CN1S(=O)(=O)[C@@H](C)COC. The summed E-state index contributed by atoms with van der Waals surface area (Å²) in [5.74, 6) is 0. The lowest BCUT2D eigenvalue weighted by Crippen LogP contribution is -2.59. The first-order valence-electron chi connectivity index (χ1n) is 7.24. The number of hydrogen-bond donors (Lipinski definition) is 0. The van der Waals surface area contributed by atoms with Crippen molar-refractivity contribution in [1.82, 2.24) is 9.21 Å². The summed E-state index contributed by atoms with van der Waals surface area (Å²) < 4.78 is 32.1. The van der Waals surface area contributed by atoms with Crippen molar-refractivity contribution in [3.63, 3.8) is 0 Å². The van der Waals surface area contributed by atoms with Crippen molar-refractivity contribution in [2.45, 2.75) is 50.4 Å². The third-order valence-corrected chi connectivity index (χ3v) is 6.70. The molecule has 2 heterocycles. The van der Waals surface area contributed by atoms with Gasteiger partial charge in [0, 0.05) is 32.3 Å². The number of nitrogens with zero attached hydrogens (tertiary/aromatic N) is 2. The van der Waals surface area contributed by atoms with E-state index in [1.165, 1.54) is 6.42 Å². The van der Waals surface area contributed by atoms with Crippen molar-refractivity contribution >= 4 is 10.0 Å². The molecule has 5 nitrogen and oxygen atoms in total. The molecule has 0 saturated carbocycles. The van der Waals surface area contributed by atoms with Crippen molar-refractivity contribution in [2.24, 2.45) is 0 Å². The molecule has 0 amide bonds. The number of rotatable bonds is 5. The summed E-state index contributed by atoms with van der Waals surface area (Å²) in [6.07, 6.45) is 3.20. The molecule has 0 bridgehead atoms. The number of methoxy groups -OCH3 is 1. The summed E-state index contributed by atoms with van der Waals surface area (Å²) in [7, 11) is -1.69. The quantitative estimate of drug-likeness (QED) is 0.755. The number of ether oxygens (including phenoxy) is 1. The molecule has 2 fully saturated rings. The van der Waals surface area contributed by atoms with Crippen molar-refractivity contribution < 1.29 is 13.2 Å². The molecule has 0 N–H and O–H groups in total. The molecular weight excluding hydrogens is 264 g/mol. The van der Waals surface area contributed by atoms with Gasteiger partial charge in [-0.2, -0.15) is 4.31 Å². The largest absolute Gasteiger partial charge is 0.383 e. The van der Waals surface area contributed by atoms with Crippen molar-refractivity contribution in [3.05, 3.63) is 0 Å². The Morgan fingerprint density at radius 2 is 2.11 bits per heavy atom. The second kappa shape index (κ2) is 6.08. The number of piperazine rings is 1. The van der Waals surface area contributed by atoms with Crippen LogP contribution in [0, 0.1) is 0 Å². The Bertz CT molecular complexity index is 399. The topological polar surface area (TPSA) is 49.9 Å². The van der Waals surface area contributed by atoms with Gasteiger partial charge in [0.15, 0.2) is 0 Å². The molecule has 112 valence electrons. The summed E-state index contributed by atoms with van der Waals surface area (Å²) in [6.45, 7) is 6.76. The summed E-state index contributed by atoms with van der Waals surface area (Å²) in [4.78, 5) is 2.46.